The molecule has 1 saturated carbocycles. The molecular formula is C14H23N5OS. The summed E-state index contributed by atoms with van der Waals surface area (Å²) in [6, 6.07) is 0.204. The lowest BCUT2D eigenvalue weighted by atomic mass is 10.2. The number of nitrogens with zero attached hydrogens (tertiary/aromatic N) is 2. The quantitative estimate of drug-likeness (QED) is 0.568. The third-order valence-corrected chi connectivity index (χ3v) is 4.94. The van der Waals surface area contributed by atoms with Gasteiger partial charge in [-0.15, -0.1) is 0 Å². The van der Waals surface area contributed by atoms with Crippen LogP contribution in [-0.4, -0.2) is 33.4 Å². The zero-order chi connectivity index (χ0) is 15.4. The number of hydrazine groups is 1. The van der Waals surface area contributed by atoms with E-state index in [1.807, 2.05) is 25.6 Å². The van der Waals surface area contributed by atoms with Crippen LogP contribution in [0.4, 0.5) is 5.69 Å². The van der Waals surface area contributed by atoms with Crippen LogP contribution < -0.4 is 16.6 Å². The number of carbonyl (C=O) groups is 1. The molecule has 0 spiro atoms. The van der Waals surface area contributed by atoms with Crippen molar-refractivity contribution in [2.24, 2.45) is 5.84 Å². The van der Waals surface area contributed by atoms with Crippen LogP contribution in [-0.2, 0) is 0 Å². The Bertz CT molecular complexity index is 508. The molecule has 1 heterocycles. The molecule has 1 fully saturated rings. The second-order valence-corrected chi connectivity index (χ2v) is 6.65. The lowest BCUT2D eigenvalue weighted by Crippen LogP contribution is -2.39. The predicted octanol–water partition coefficient (Wildman–Crippen LogP) is 1.90. The topological polar surface area (TPSA) is 92.9 Å². The molecule has 116 valence electrons. The van der Waals surface area contributed by atoms with Gasteiger partial charge in [0, 0.05) is 17.2 Å². The molecule has 0 bridgehead atoms. The number of thioether (sulfide) groups is 1. The summed E-state index contributed by atoms with van der Waals surface area (Å²) in [5, 5.41) is 3.57. The molecule has 2 unspecified atom stereocenters. The van der Waals surface area contributed by atoms with Gasteiger partial charge in [-0.1, -0.05) is 20.3 Å². The average Bonchev–Trinajstić information content (AvgIpc) is 2.93. The van der Waals surface area contributed by atoms with E-state index in [-0.39, 0.29) is 17.9 Å². The van der Waals surface area contributed by atoms with E-state index in [2.05, 4.69) is 27.0 Å². The maximum atomic E-state index is 12.5. The van der Waals surface area contributed by atoms with E-state index in [0.29, 0.717) is 22.5 Å². The van der Waals surface area contributed by atoms with Crippen molar-refractivity contribution in [2.75, 3.05) is 11.7 Å². The van der Waals surface area contributed by atoms with Gasteiger partial charge in [0.2, 0.25) is 0 Å². The van der Waals surface area contributed by atoms with Gasteiger partial charge in [0.25, 0.3) is 5.91 Å². The molecule has 0 radical (unpaired) electrons. The summed E-state index contributed by atoms with van der Waals surface area (Å²) in [7, 11) is 0. The molecule has 0 aromatic carbocycles. The monoisotopic (exact) mass is 309 g/mol. The first-order chi connectivity index (χ1) is 10.1. The minimum atomic E-state index is -0.182. The highest BCUT2D eigenvalue weighted by atomic mass is 32.2. The van der Waals surface area contributed by atoms with Crippen LogP contribution in [0.25, 0.3) is 0 Å². The Hall–Kier alpha value is -1.34. The molecule has 1 aromatic heterocycles. The summed E-state index contributed by atoms with van der Waals surface area (Å²) in [5.74, 6) is 6.09. The number of nitrogens with one attached hydrogen (secondary N) is 2. The molecule has 0 saturated heterocycles. The molecule has 1 aliphatic rings. The van der Waals surface area contributed by atoms with Gasteiger partial charge in [0.15, 0.2) is 5.69 Å². The van der Waals surface area contributed by atoms with E-state index in [9.17, 15) is 4.79 Å². The maximum absolute atomic E-state index is 12.5. The molecule has 2 rings (SSSR count). The highest BCUT2D eigenvalue weighted by molar-refractivity contribution is 7.99. The normalized spacial score (nSPS) is 21.6. The first kappa shape index (κ1) is 16.0. The van der Waals surface area contributed by atoms with Gasteiger partial charge < -0.3 is 10.7 Å². The molecule has 6 nitrogen and oxygen atoms in total. The van der Waals surface area contributed by atoms with Crippen molar-refractivity contribution < 1.29 is 4.79 Å². The number of nitrogens with two attached hydrogens (primary N) is 1. The van der Waals surface area contributed by atoms with E-state index in [4.69, 9.17) is 5.84 Å². The lowest BCUT2D eigenvalue weighted by Gasteiger charge is -2.20. The fourth-order valence-corrected chi connectivity index (χ4v) is 3.50. The fraction of sp³-hybridized carbons (Fsp3) is 0.643. The van der Waals surface area contributed by atoms with Crippen molar-refractivity contribution in [3.05, 3.63) is 17.7 Å². The van der Waals surface area contributed by atoms with E-state index in [1.54, 1.807) is 6.20 Å². The first-order valence-electron chi connectivity index (χ1n) is 7.24. The summed E-state index contributed by atoms with van der Waals surface area (Å²) in [5.41, 5.74) is 3.28. The molecule has 21 heavy (non-hydrogen) atoms. The van der Waals surface area contributed by atoms with Crippen molar-refractivity contribution in [3.63, 3.8) is 0 Å². The Morgan fingerprint density at radius 1 is 1.48 bits per heavy atom. The number of aromatic nitrogens is 2. The van der Waals surface area contributed by atoms with Gasteiger partial charge in [0.05, 0.1) is 11.9 Å². The highest BCUT2D eigenvalue weighted by Crippen LogP contribution is 2.28. The number of amides is 1. The third-order valence-electron chi connectivity index (χ3n) is 3.77. The van der Waals surface area contributed by atoms with E-state index in [1.165, 1.54) is 0 Å². The van der Waals surface area contributed by atoms with Gasteiger partial charge in [-0.3, -0.25) is 10.6 Å². The molecule has 2 atom stereocenters. The number of rotatable bonds is 5. The molecule has 4 N–H and O–H groups in total. The largest absolute Gasteiger partial charge is 0.347 e. The van der Waals surface area contributed by atoms with Crippen LogP contribution in [0, 0.1) is 0 Å². The van der Waals surface area contributed by atoms with Crippen LogP contribution in [0.3, 0.4) is 0 Å². The van der Waals surface area contributed by atoms with Crippen molar-refractivity contribution in [2.45, 2.75) is 50.3 Å². The second-order valence-electron chi connectivity index (χ2n) is 5.57. The van der Waals surface area contributed by atoms with Gasteiger partial charge in [-0.25, -0.2) is 9.97 Å². The fourth-order valence-electron chi connectivity index (χ4n) is 2.56. The first-order valence-corrected chi connectivity index (χ1v) is 8.52. The number of anilines is 1. The van der Waals surface area contributed by atoms with Crippen molar-refractivity contribution in [1.29, 1.82) is 0 Å². The number of carbonyl (C=O) groups excluding carboxylic acids is 1. The molecule has 7 heteroatoms. The molecule has 1 amide bonds. The van der Waals surface area contributed by atoms with Gasteiger partial charge in [-0.05, 0) is 19.1 Å². The summed E-state index contributed by atoms with van der Waals surface area (Å²) < 4.78 is 0. The molecule has 1 aliphatic carbocycles. The number of hydrogen-bond donors (Lipinski definition) is 3. The lowest BCUT2D eigenvalue weighted by molar-refractivity contribution is 0.0934. The van der Waals surface area contributed by atoms with E-state index in [0.717, 1.165) is 19.3 Å². The van der Waals surface area contributed by atoms with Crippen LogP contribution >= 0.6 is 11.8 Å². The minimum absolute atomic E-state index is 0.161. The number of nitrogen functional groups attached to an aromatic ring is 1. The van der Waals surface area contributed by atoms with Gasteiger partial charge in [-0.2, -0.15) is 11.8 Å². The average molecular weight is 309 g/mol. The SMILES string of the molecule is CSC1CCCC1NC(=O)c1nc(C(C)C)ncc1NN. The highest BCUT2D eigenvalue weighted by Gasteiger charge is 2.29. The van der Waals surface area contributed by atoms with E-state index < -0.39 is 0 Å². The zero-order valence-corrected chi connectivity index (χ0v) is 13.5. The van der Waals surface area contributed by atoms with Crippen LogP contribution in [0.15, 0.2) is 6.20 Å². The van der Waals surface area contributed by atoms with Crippen LogP contribution in [0.2, 0.25) is 0 Å². The number of hydrogen-bond acceptors (Lipinski definition) is 6. The molecule has 0 aliphatic heterocycles. The van der Waals surface area contributed by atoms with Crippen molar-refractivity contribution >= 4 is 23.4 Å². The second kappa shape index (κ2) is 7.09. The summed E-state index contributed by atoms with van der Waals surface area (Å²) >= 11 is 1.81. The zero-order valence-electron chi connectivity index (χ0n) is 12.7. The Morgan fingerprint density at radius 3 is 2.86 bits per heavy atom. The Balaban J connectivity index is 2.19. The molecule has 1 aromatic rings. The summed E-state index contributed by atoms with van der Waals surface area (Å²) in [4.78, 5) is 21.1. The Morgan fingerprint density at radius 2 is 2.24 bits per heavy atom. The van der Waals surface area contributed by atoms with Gasteiger partial charge >= 0.3 is 0 Å². The molecular weight excluding hydrogens is 286 g/mol. The van der Waals surface area contributed by atoms with E-state index >= 15 is 0 Å². The standard InChI is InChI=1S/C14H23N5OS/c1-8(2)13-16-7-10(19-15)12(18-13)14(20)17-9-5-4-6-11(9)21-3/h7-9,11,19H,4-6,15H2,1-3H3,(H,17,20). The summed E-state index contributed by atoms with van der Waals surface area (Å²) in [6.45, 7) is 3.99. The minimum Gasteiger partial charge on any atom is -0.347 e. The smallest absolute Gasteiger partial charge is 0.272 e. The predicted molar refractivity (Wildman–Crippen MR) is 86.3 cm³/mol. The summed E-state index contributed by atoms with van der Waals surface area (Å²) in [6.07, 6.45) is 6.97. The Kier molecular flexibility index (Phi) is 5.41. The van der Waals surface area contributed by atoms with Crippen LogP contribution in [0.1, 0.15) is 55.3 Å². The third kappa shape index (κ3) is 3.65. The van der Waals surface area contributed by atoms with Crippen molar-refractivity contribution in [3.8, 4) is 0 Å². The Labute approximate surface area is 129 Å². The van der Waals surface area contributed by atoms with Crippen LogP contribution in [0.5, 0.6) is 0 Å². The van der Waals surface area contributed by atoms with Gasteiger partial charge in [0.1, 0.15) is 5.82 Å². The maximum Gasteiger partial charge on any atom is 0.272 e. The van der Waals surface area contributed by atoms with Crippen molar-refractivity contribution in [1.82, 2.24) is 15.3 Å².